The molecule has 28 heavy (non-hydrogen) atoms. The number of rotatable bonds is 5. The van der Waals surface area contributed by atoms with Crippen LogP contribution in [-0.4, -0.2) is 25.0 Å². The van der Waals surface area contributed by atoms with Crippen molar-refractivity contribution in [1.29, 1.82) is 0 Å². The van der Waals surface area contributed by atoms with Crippen molar-refractivity contribution in [2.24, 2.45) is 5.92 Å². The number of nitrogens with zero attached hydrogens (tertiary/aromatic N) is 1. The minimum atomic E-state index is -0.402. The number of carbonyl (C=O) groups is 2. The fraction of sp³-hybridized carbons (Fsp3) is 0.217. The molecule has 0 unspecified atom stereocenters. The van der Waals surface area contributed by atoms with Crippen LogP contribution in [0.25, 0.3) is 10.8 Å². The molecule has 1 N–H and O–H groups in total. The van der Waals surface area contributed by atoms with Gasteiger partial charge in [-0.2, -0.15) is 0 Å². The third kappa shape index (κ3) is 3.43. The van der Waals surface area contributed by atoms with E-state index in [0.29, 0.717) is 24.6 Å². The minimum absolute atomic E-state index is 0.0328. The molecule has 3 aromatic rings. The molecule has 1 saturated heterocycles. The van der Waals surface area contributed by atoms with Crippen molar-refractivity contribution in [3.8, 4) is 5.75 Å². The van der Waals surface area contributed by atoms with Gasteiger partial charge in [0.2, 0.25) is 11.8 Å². The molecular weight excluding hydrogens is 352 g/mol. The maximum Gasteiger partial charge on any atom is 0.229 e. The fourth-order valence-corrected chi connectivity index (χ4v) is 3.65. The molecule has 0 bridgehead atoms. The molecule has 0 aromatic heterocycles. The molecule has 1 heterocycles. The lowest BCUT2D eigenvalue weighted by Gasteiger charge is -2.19. The third-order valence-electron chi connectivity index (χ3n) is 5.00. The summed E-state index contributed by atoms with van der Waals surface area (Å²) in [6.07, 6.45) is 0.200. The number of hydrogen-bond acceptors (Lipinski definition) is 3. The van der Waals surface area contributed by atoms with E-state index < -0.39 is 5.92 Å². The standard InChI is InChI=1S/C23H22N2O3/c1-2-28-21-13-6-5-11-19(21)24-23(27)17-14-22(26)25(15-17)20-12-7-9-16-8-3-4-10-18(16)20/h3-13,17H,2,14-15H2,1H3,(H,24,27)/t17-/m1/s1. The number of anilines is 2. The van der Waals surface area contributed by atoms with Crippen molar-refractivity contribution in [3.63, 3.8) is 0 Å². The van der Waals surface area contributed by atoms with Crippen molar-refractivity contribution in [3.05, 3.63) is 66.7 Å². The van der Waals surface area contributed by atoms with Gasteiger partial charge in [0.15, 0.2) is 0 Å². The normalized spacial score (nSPS) is 16.4. The number of para-hydroxylation sites is 2. The van der Waals surface area contributed by atoms with Crippen molar-refractivity contribution < 1.29 is 14.3 Å². The van der Waals surface area contributed by atoms with Crippen LogP contribution in [0.2, 0.25) is 0 Å². The third-order valence-corrected chi connectivity index (χ3v) is 5.00. The number of carbonyl (C=O) groups excluding carboxylic acids is 2. The summed E-state index contributed by atoms with van der Waals surface area (Å²) >= 11 is 0. The van der Waals surface area contributed by atoms with Crippen LogP contribution in [0.15, 0.2) is 66.7 Å². The van der Waals surface area contributed by atoms with Crippen molar-refractivity contribution >= 4 is 34.0 Å². The average molecular weight is 374 g/mol. The number of amides is 2. The summed E-state index contributed by atoms with van der Waals surface area (Å²) in [4.78, 5) is 27.2. The predicted molar refractivity (Wildman–Crippen MR) is 111 cm³/mol. The molecule has 4 rings (SSSR count). The summed E-state index contributed by atoms with van der Waals surface area (Å²) in [5.74, 6) is 0.0348. The van der Waals surface area contributed by atoms with E-state index in [2.05, 4.69) is 5.32 Å². The highest BCUT2D eigenvalue weighted by Gasteiger charge is 2.36. The van der Waals surface area contributed by atoms with Gasteiger partial charge in [0.25, 0.3) is 0 Å². The highest BCUT2D eigenvalue weighted by atomic mass is 16.5. The van der Waals surface area contributed by atoms with Gasteiger partial charge in [-0.3, -0.25) is 9.59 Å². The van der Waals surface area contributed by atoms with Gasteiger partial charge in [-0.05, 0) is 30.5 Å². The molecule has 3 aromatic carbocycles. The molecule has 1 atom stereocenters. The zero-order chi connectivity index (χ0) is 19.5. The first-order valence-corrected chi connectivity index (χ1v) is 9.48. The maximum absolute atomic E-state index is 12.8. The highest BCUT2D eigenvalue weighted by Crippen LogP contribution is 2.32. The zero-order valence-corrected chi connectivity index (χ0v) is 15.7. The molecule has 0 radical (unpaired) electrons. The quantitative estimate of drug-likeness (QED) is 0.727. The van der Waals surface area contributed by atoms with Gasteiger partial charge in [0, 0.05) is 18.4 Å². The number of benzene rings is 3. The fourth-order valence-electron chi connectivity index (χ4n) is 3.65. The van der Waals surface area contributed by atoms with Gasteiger partial charge >= 0.3 is 0 Å². The van der Waals surface area contributed by atoms with Gasteiger partial charge < -0.3 is 15.0 Å². The van der Waals surface area contributed by atoms with E-state index in [1.807, 2.05) is 73.7 Å². The van der Waals surface area contributed by atoms with Crippen molar-refractivity contribution in [1.82, 2.24) is 0 Å². The molecule has 1 fully saturated rings. The maximum atomic E-state index is 12.8. The lowest BCUT2D eigenvalue weighted by Crippen LogP contribution is -2.28. The van der Waals surface area contributed by atoms with E-state index in [0.717, 1.165) is 16.5 Å². The van der Waals surface area contributed by atoms with Crippen LogP contribution in [0.3, 0.4) is 0 Å². The average Bonchev–Trinajstić information content (AvgIpc) is 3.11. The Morgan fingerprint density at radius 2 is 1.82 bits per heavy atom. The van der Waals surface area contributed by atoms with E-state index in [4.69, 9.17) is 4.74 Å². The van der Waals surface area contributed by atoms with Crippen LogP contribution in [0.5, 0.6) is 5.75 Å². The lowest BCUT2D eigenvalue weighted by molar-refractivity contribution is -0.122. The van der Waals surface area contributed by atoms with Gasteiger partial charge in [0.1, 0.15) is 5.75 Å². The smallest absolute Gasteiger partial charge is 0.229 e. The van der Waals surface area contributed by atoms with Gasteiger partial charge in [0.05, 0.1) is 23.9 Å². The molecule has 1 aliphatic rings. The molecule has 142 valence electrons. The van der Waals surface area contributed by atoms with Crippen molar-refractivity contribution in [2.75, 3.05) is 23.4 Å². The summed E-state index contributed by atoms with van der Waals surface area (Å²) in [7, 11) is 0. The van der Waals surface area contributed by atoms with Crippen molar-refractivity contribution in [2.45, 2.75) is 13.3 Å². The molecule has 0 spiro atoms. The monoisotopic (exact) mass is 374 g/mol. The van der Waals surface area contributed by atoms with E-state index >= 15 is 0 Å². The van der Waals surface area contributed by atoms with Gasteiger partial charge in [-0.15, -0.1) is 0 Å². The molecule has 5 nitrogen and oxygen atoms in total. The number of nitrogens with one attached hydrogen (secondary N) is 1. The molecule has 2 amide bonds. The second-order valence-corrected chi connectivity index (χ2v) is 6.82. The largest absolute Gasteiger partial charge is 0.492 e. The summed E-state index contributed by atoms with van der Waals surface area (Å²) in [5.41, 5.74) is 1.48. The van der Waals surface area contributed by atoms with Gasteiger partial charge in [-0.1, -0.05) is 48.5 Å². The van der Waals surface area contributed by atoms with Crippen LogP contribution in [0.4, 0.5) is 11.4 Å². The molecular formula is C23H22N2O3. The molecule has 1 aliphatic heterocycles. The topological polar surface area (TPSA) is 58.6 Å². The first kappa shape index (κ1) is 18.0. The van der Waals surface area contributed by atoms with Crippen LogP contribution in [0.1, 0.15) is 13.3 Å². The van der Waals surface area contributed by atoms with Crippen LogP contribution in [0, 0.1) is 5.92 Å². The number of fused-ring (bicyclic) bond motifs is 1. The lowest BCUT2D eigenvalue weighted by atomic mass is 10.1. The van der Waals surface area contributed by atoms with Crippen LogP contribution < -0.4 is 15.0 Å². The summed E-state index contributed by atoms with van der Waals surface area (Å²) in [6, 6.07) is 21.2. The van der Waals surface area contributed by atoms with E-state index in [9.17, 15) is 9.59 Å². The van der Waals surface area contributed by atoms with E-state index in [1.54, 1.807) is 4.90 Å². The Labute approximate surface area is 163 Å². The van der Waals surface area contributed by atoms with Crippen LogP contribution >= 0.6 is 0 Å². The second kappa shape index (κ2) is 7.72. The Kier molecular flexibility index (Phi) is 4.98. The summed E-state index contributed by atoms with van der Waals surface area (Å²) in [6.45, 7) is 2.79. The molecule has 0 saturated carbocycles. The SMILES string of the molecule is CCOc1ccccc1NC(=O)[C@@H]1CC(=O)N(c2cccc3ccccc23)C1. The Hall–Kier alpha value is -3.34. The first-order valence-electron chi connectivity index (χ1n) is 9.48. The zero-order valence-electron chi connectivity index (χ0n) is 15.7. The Morgan fingerprint density at radius 3 is 2.68 bits per heavy atom. The Balaban J connectivity index is 1.54. The number of hydrogen-bond donors (Lipinski definition) is 1. The molecule has 0 aliphatic carbocycles. The van der Waals surface area contributed by atoms with Crippen LogP contribution in [-0.2, 0) is 9.59 Å². The van der Waals surface area contributed by atoms with E-state index in [1.165, 1.54) is 0 Å². The minimum Gasteiger partial charge on any atom is -0.492 e. The van der Waals surface area contributed by atoms with E-state index in [-0.39, 0.29) is 18.2 Å². The Bertz CT molecular complexity index is 1030. The number of ether oxygens (including phenoxy) is 1. The Morgan fingerprint density at radius 1 is 1.07 bits per heavy atom. The summed E-state index contributed by atoms with van der Waals surface area (Å²) in [5, 5.41) is 5.01. The predicted octanol–water partition coefficient (Wildman–Crippen LogP) is 4.23. The second-order valence-electron chi connectivity index (χ2n) is 6.82. The van der Waals surface area contributed by atoms with Gasteiger partial charge in [-0.25, -0.2) is 0 Å². The molecule has 5 heteroatoms. The highest BCUT2D eigenvalue weighted by molar-refractivity contribution is 6.08. The first-order chi connectivity index (χ1) is 13.7. The summed E-state index contributed by atoms with van der Waals surface area (Å²) < 4.78 is 5.57.